The molecular weight excluding hydrogens is 238 g/mol. The summed E-state index contributed by atoms with van der Waals surface area (Å²) >= 11 is 0. The number of nitrogens with zero attached hydrogens (tertiary/aromatic N) is 1. The van der Waals surface area contributed by atoms with Crippen molar-refractivity contribution in [2.45, 2.75) is 12.8 Å². The summed E-state index contributed by atoms with van der Waals surface area (Å²) in [5.41, 5.74) is 8.22. The average molecular weight is 255 g/mol. The van der Waals surface area contributed by atoms with Crippen LogP contribution in [-0.2, 0) is 4.79 Å². The molecule has 0 bridgehead atoms. The van der Waals surface area contributed by atoms with E-state index in [2.05, 4.69) is 10.3 Å². The second-order valence-corrected chi connectivity index (χ2v) is 4.38. The Kier molecular flexibility index (Phi) is 4.26. The van der Waals surface area contributed by atoms with Gasteiger partial charge in [0.25, 0.3) is 0 Å². The topological polar surface area (TPSA) is 68.0 Å². The number of anilines is 1. The van der Waals surface area contributed by atoms with E-state index in [-0.39, 0.29) is 18.4 Å². The van der Waals surface area contributed by atoms with Gasteiger partial charge in [0, 0.05) is 12.2 Å². The molecule has 3 N–H and O–H groups in total. The number of hydrogen-bond acceptors (Lipinski definition) is 3. The van der Waals surface area contributed by atoms with Crippen LogP contribution in [0.4, 0.5) is 5.69 Å². The number of benzene rings is 1. The fraction of sp³-hybridized carbons (Fsp3) is 0.200. The van der Waals surface area contributed by atoms with Crippen LogP contribution in [0.5, 0.6) is 0 Å². The molecule has 98 valence electrons. The summed E-state index contributed by atoms with van der Waals surface area (Å²) in [5.74, 6) is -0.457. The number of aromatic nitrogens is 1. The van der Waals surface area contributed by atoms with Gasteiger partial charge in [0.05, 0.1) is 17.8 Å². The smallest absolute Gasteiger partial charge is 0.233 e. The Morgan fingerprint density at radius 3 is 2.58 bits per heavy atom. The maximum Gasteiger partial charge on any atom is 0.233 e. The Bertz CT molecular complexity index is 537. The molecule has 0 saturated carbocycles. The summed E-state index contributed by atoms with van der Waals surface area (Å²) in [6.07, 6.45) is 1.64. The minimum absolute atomic E-state index is 0.112. The van der Waals surface area contributed by atoms with Crippen molar-refractivity contribution >= 4 is 11.6 Å². The number of nitrogens with two attached hydrogens (primary N) is 1. The zero-order valence-corrected chi connectivity index (χ0v) is 10.8. The molecule has 1 atom stereocenters. The number of pyridine rings is 1. The minimum atomic E-state index is -0.345. The second-order valence-electron chi connectivity index (χ2n) is 4.38. The number of amides is 1. The molecule has 1 aromatic heterocycles. The highest BCUT2D eigenvalue weighted by Gasteiger charge is 2.18. The van der Waals surface area contributed by atoms with Crippen molar-refractivity contribution in [1.29, 1.82) is 0 Å². The van der Waals surface area contributed by atoms with Crippen molar-refractivity contribution in [3.05, 3.63) is 59.9 Å². The van der Waals surface area contributed by atoms with Gasteiger partial charge in [-0.1, -0.05) is 30.3 Å². The van der Waals surface area contributed by atoms with Crippen molar-refractivity contribution in [1.82, 2.24) is 4.98 Å². The molecule has 1 unspecified atom stereocenters. The number of carbonyl (C=O) groups is 1. The normalized spacial score (nSPS) is 11.9. The molecule has 1 amide bonds. The molecule has 0 aliphatic heterocycles. The van der Waals surface area contributed by atoms with E-state index in [0.717, 1.165) is 11.3 Å². The van der Waals surface area contributed by atoms with Gasteiger partial charge in [-0.05, 0) is 24.6 Å². The van der Waals surface area contributed by atoms with Gasteiger partial charge in [-0.25, -0.2) is 0 Å². The molecule has 1 aromatic carbocycles. The van der Waals surface area contributed by atoms with Crippen LogP contribution in [0.2, 0.25) is 0 Å². The highest BCUT2D eigenvalue weighted by atomic mass is 16.1. The summed E-state index contributed by atoms with van der Waals surface area (Å²) in [7, 11) is 0. The third-order valence-corrected chi connectivity index (χ3v) is 2.93. The molecule has 1 heterocycles. The zero-order chi connectivity index (χ0) is 13.7. The lowest BCUT2D eigenvalue weighted by Gasteiger charge is -2.15. The largest absolute Gasteiger partial charge is 0.329 e. The van der Waals surface area contributed by atoms with E-state index in [1.165, 1.54) is 0 Å². The van der Waals surface area contributed by atoms with Gasteiger partial charge in [-0.2, -0.15) is 0 Å². The van der Waals surface area contributed by atoms with Crippen molar-refractivity contribution in [2.24, 2.45) is 5.73 Å². The lowest BCUT2D eigenvalue weighted by molar-refractivity contribution is -0.117. The summed E-state index contributed by atoms with van der Waals surface area (Å²) < 4.78 is 0. The number of carbonyl (C=O) groups excluding carboxylic acids is 1. The molecule has 0 radical (unpaired) electrons. The molecule has 19 heavy (non-hydrogen) atoms. The number of aryl methyl sites for hydroxylation is 1. The maximum absolute atomic E-state index is 12.2. The van der Waals surface area contributed by atoms with Crippen LogP contribution in [-0.4, -0.2) is 17.4 Å². The molecule has 0 aliphatic rings. The van der Waals surface area contributed by atoms with Crippen LogP contribution >= 0.6 is 0 Å². The molecule has 0 spiro atoms. The monoisotopic (exact) mass is 255 g/mol. The summed E-state index contributed by atoms with van der Waals surface area (Å²) in [5, 5.41) is 2.84. The van der Waals surface area contributed by atoms with Gasteiger partial charge in [-0.3, -0.25) is 9.78 Å². The standard InChI is InChI=1S/C15H17N3O/c1-11-7-8-13(10-17-11)18-15(19)14(9-16)12-5-3-2-4-6-12/h2-8,10,14H,9,16H2,1H3,(H,18,19). The van der Waals surface area contributed by atoms with E-state index in [9.17, 15) is 4.79 Å². The molecule has 4 nitrogen and oxygen atoms in total. The first-order valence-electron chi connectivity index (χ1n) is 6.19. The van der Waals surface area contributed by atoms with Crippen LogP contribution in [0.25, 0.3) is 0 Å². The molecule has 2 aromatic rings. The molecule has 4 heteroatoms. The number of hydrogen-bond donors (Lipinski definition) is 2. The van der Waals surface area contributed by atoms with Crippen molar-refractivity contribution < 1.29 is 4.79 Å². The van der Waals surface area contributed by atoms with Gasteiger partial charge in [0.1, 0.15) is 0 Å². The first kappa shape index (κ1) is 13.2. The lowest BCUT2D eigenvalue weighted by Crippen LogP contribution is -2.27. The molecular formula is C15H17N3O. The first-order valence-corrected chi connectivity index (χ1v) is 6.19. The Morgan fingerprint density at radius 1 is 1.26 bits per heavy atom. The Morgan fingerprint density at radius 2 is 2.00 bits per heavy atom. The third kappa shape index (κ3) is 3.39. The zero-order valence-electron chi connectivity index (χ0n) is 10.8. The predicted molar refractivity (Wildman–Crippen MR) is 75.8 cm³/mol. The van der Waals surface area contributed by atoms with Crippen LogP contribution in [0.1, 0.15) is 17.2 Å². The highest BCUT2D eigenvalue weighted by Crippen LogP contribution is 2.17. The van der Waals surface area contributed by atoms with E-state index in [1.54, 1.807) is 6.20 Å². The number of rotatable bonds is 4. The molecule has 0 aliphatic carbocycles. The first-order chi connectivity index (χ1) is 9.20. The van der Waals surface area contributed by atoms with Gasteiger partial charge >= 0.3 is 0 Å². The quantitative estimate of drug-likeness (QED) is 0.878. The van der Waals surface area contributed by atoms with Crippen molar-refractivity contribution in [2.75, 3.05) is 11.9 Å². The van der Waals surface area contributed by atoms with E-state index in [0.29, 0.717) is 5.69 Å². The Labute approximate surface area is 112 Å². The van der Waals surface area contributed by atoms with Gasteiger partial charge in [-0.15, -0.1) is 0 Å². The van der Waals surface area contributed by atoms with Crippen LogP contribution in [0, 0.1) is 6.92 Å². The van der Waals surface area contributed by atoms with Gasteiger partial charge < -0.3 is 11.1 Å². The van der Waals surface area contributed by atoms with E-state index < -0.39 is 0 Å². The third-order valence-electron chi connectivity index (χ3n) is 2.93. The molecule has 0 saturated heterocycles. The molecule has 0 fully saturated rings. The lowest BCUT2D eigenvalue weighted by atomic mass is 9.98. The summed E-state index contributed by atoms with van der Waals surface area (Å²) in [6, 6.07) is 13.2. The fourth-order valence-corrected chi connectivity index (χ4v) is 1.85. The van der Waals surface area contributed by atoms with Gasteiger partial charge in [0.2, 0.25) is 5.91 Å². The Hall–Kier alpha value is -2.20. The van der Waals surface area contributed by atoms with Crippen LogP contribution in [0.15, 0.2) is 48.7 Å². The van der Waals surface area contributed by atoms with E-state index >= 15 is 0 Å². The van der Waals surface area contributed by atoms with Gasteiger partial charge in [0.15, 0.2) is 0 Å². The highest BCUT2D eigenvalue weighted by molar-refractivity contribution is 5.95. The van der Waals surface area contributed by atoms with Crippen LogP contribution < -0.4 is 11.1 Å². The summed E-state index contributed by atoms with van der Waals surface area (Å²) in [6.45, 7) is 2.17. The van der Waals surface area contributed by atoms with E-state index in [4.69, 9.17) is 5.73 Å². The SMILES string of the molecule is Cc1ccc(NC(=O)C(CN)c2ccccc2)cn1. The maximum atomic E-state index is 12.2. The number of nitrogens with one attached hydrogen (secondary N) is 1. The minimum Gasteiger partial charge on any atom is -0.329 e. The van der Waals surface area contributed by atoms with Crippen molar-refractivity contribution in [3.8, 4) is 0 Å². The fourth-order valence-electron chi connectivity index (χ4n) is 1.85. The molecule has 2 rings (SSSR count). The van der Waals surface area contributed by atoms with E-state index in [1.807, 2.05) is 49.4 Å². The average Bonchev–Trinajstić information content (AvgIpc) is 2.43. The van der Waals surface area contributed by atoms with Crippen molar-refractivity contribution in [3.63, 3.8) is 0 Å². The summed E-state index contributed by atoms with van der Waals surface area (Å²) in [4.78, 5) is 16.4. The predicted octanol–water partition coefficient (Wildman–Crippen LogP) is 2.07. The van der Waals surface area contributed by atoms with Crippen LogP contribution in [0.3, 0.4) is 0 Å². The Balaban J connectivity index is 2.11. The second kappa shape index (κ2) is 6.11.